The summed E-state index contributed by atoms with van der Waals surface area (Å²) in [5, 5.41) is 3.62. The Morgan fingerprint density at radius 3 is 2.91 bits per heavy atom. The first-order valence-electron chi connectivity index (χ1n) is 8.48. The number of para-hydroxylation sites is 1. The molecule has 1 aromatic heterocycles. The van der Waals surface area contributed by atoms with Gasteiger partial charge in [0.25, 0.3) is 0 Å². The summed E-state index contributed by atoms with van der Waals surface area (Å²) in [6.45, 7) is 1.98. The number of anilines is 1. The number of benzene rings is 1. The maximum Gasteiger partial charge on any atom is 0.227 e. The number of carbonyl (C=O) groups excluding carboxylic acids is 1. The van der Waals surface area contributed by atoms with E-state index < -0.39 is 0 Å². The second-order valence-corrected chi connectivity index (χ2v) is 6.67. The second kappa shape index (κ2) is 7.07. The fourth-order valence-electron chi connectivity index (χ4n) is 3.49. The molecule has 1 atom stereocenters. The van der Waals surface area contributed by atoms with Crippen molar-refractivity contribution >= 4 is 22.5 Å². The van der Waals surface area contributed by atoms with Crippen LogP contribution >= 0.6 is 0 Å². The van der Waals surface area contributed by atoms with Crippen molar-refractivity contribution in [2.75, 3.05) is 5.32 Å². The van der Waals surface area contributed by atoms with Gasteiger partial charge >= 0.3 is 0 Å². The van der Waals surface area contributed by atoms with Gasteiger partial charge in [0.1, 0.15) is 11.3 Å². The molecule has 1 aliphatic carbocycles. The van der Waals surface area contributed by atoms with Gasteiger partial charge in [-0.1, -0.05) is 51.2 Å². The molecule has 0 spiro atoms. The molecule has 0 radical (unpaired) electrons. The van der Waals surface area contributed by atoms with E-state index in [1.165, 1.54) is 44.4 Å². The highest BCUT2D eigenvalue weighted by atomic mass is 19.1. The van der Waals surface area contributed by atoms with Crippen LogP contribution in [0.5, 0.6) is 0 Å². The molecular weight excluding hydrogens is 291 g/mol. The summed E-state index contributed by atoms with van der Waals surface area (Å²) < 4.78 is 13.6. The Kier molecular flexibility index (Phi) is 4.89. The highest BCUT2D eigenvalue weighted by Crippen LogP contribution is 2.29. The molecule has 1 aliphatic rings. The zero-order valence-electron chi connectivity index (χ0n) is 13.5. The van der Waals surface area contributed by atoms with Crippen molar-refractivity contribution in [3.8, 4) is 0 Å². The van der Waals surface area contributed by atoms with E-state index in [-0.39, 0.29) is 17.6 Å². The van der Waals surface area contributed by atoms with Gasteiger partial charge < -0.3 is 5.32 Å². The van der Waals surface area contributed by atoms with Crippen LogP contribution in [0.3, 0.4) is 0 Å². The number of carbonyl (C=O) groups is 1. The van der Waals surface area contributed by atoms with Crippen LogP contribution in [0.1, 0.15) is 45.4 Å². The van der Waals surface area contributed by atoms with Gasteiger partial charge in [-0.3, -0.25) is 9.78 Å². The maximum atomic E-state index is 13.6. The van der Waals surface area contributed by atoms with Crippen molar-refractivity contribution in [1.29, 1.82) is 0 Å². The summed E-state index contributed by atoms with van der Waals surface area (Å²) in [6.07, 6.45) is 8.87. The smallest absolute Gasteiger partial charge is 0.227 e. The number of nitrogens with one attached hydrogen (secondary N) is 1. The molecule has 1 N–H and O–H groups in total. The number of halogens is 1. The number of pyridine rings is 1. The van der Waals surface area contributed by atoms with E-state index >= 15 is 0 Å². The van der Waals surface area contributed by atoms with Gasteiger partial charge in [0.05, 0.1) is 11.9 Å². The molecule has 1 aromatic carbocycles. The van der Waals surface area contributed by atoms with E-state index in [0.717, 1.165) is 6.42 Å². The highest BCUT2D eigenvalue weighted by molar-refractivity contribution is 5.94. The SMILES string of the molecule is CC(CC1CCCCC1)C(=O)Nc1cnc2c(F)cccc2c1. The molecule has 23 heavy (non-hydrogen) atoms. The monoisotopic (exact) mass is 314 g/mol. The van der Waals surface area contributed by atoms with Gasteiger partial charge in [-0.05, 0) is 24.5 Å². The number of rotatable bonds is 4. The molecule has 122 valence electrons. The van der Waals surface area contributed by atoms with Crippen LogP contribution in [0.25, 0.3) is 10.9 Å². The lowest BCUT2D eigenvalue weighted by molar-refractivity contribution is -0.120. The molecule has 1 amide bonds. The van der Waals surface area contributed by atoms with E-state index in [4.69, 9.17) is 0 Å². The molecule has 1 heterocycles. The molecule has 0 aliphatic heterocycles. The zero-order valence-corrected chi connectivity index (χ0v) is 13.5. The van der Waals surface area contributed by atoms with E-state index in [1.54, 1.807) is 18.2 Å². The molecule has 3 rings (SSSR count). The normalized spacial score (nSPS) is 17.1. The average molecular weight is 314 g/mol. The van der Waals surface area contributed by atoms with Crippen LogP contribution in [-0.4, -0.2) is 10.9 Å². The standard InChI is InChI=1S/C19H23FN2O/c1-13(10-14-6-3-2-4-7-14)19(23)22-16-11-15-8-5-9-17(20)18(15)21-12-16/h5,8-9,11-14H,2-4,6-7,10H2,1H3,(H,22,23). The Hall–Kier alpha value is -1.97. The lowest BCUT2D eigenvalue weighted by atomic mass is 9.83. The van der Waals surface area contributed by atoms with Crippen LogP contribution in [-0.2, 0) is 4.79 Å². The van der Waals surface area contributed by atoms with Crippen molar-refractivity contribution in [1.82, 2.24) is 4.98 Å². The molecule has 0 saturated heterocycles. The largest absolute Gasteiger partial charge is 0.324 e. The third-order valence-corrected chi connectivity index (χ3v) is 4.79. The maximum absolute atomic E-state index is 13.6. The first-order valence-corrected chi connectivity index (χ1v) is 8.48. The Morgan fingerprint density at radius 2 is 2.13 bits per heavy atom. The topological polar surface area (TPSA) is 42.0 Å². The first-order chi connectivity index (χ1) is 11.1. The van der Waals surface area contributed by atoms with Crippen molar-refractivity contribution in [2.45, 2.75) is 45.4 Å². The van der Waals surface area contributed by atoms with E-state index in [9.17, 15) is 9.18 Å². The molecule has 4 heteroatoms. The summed E-state index contributed by atoms with van der Waals surface area (Å²) >= 11 is 0. The lowest BCUT2D eigenvalue weighted by Crippen LogP contribution is -2.23. The summed E-state index contributed by atoms with van der Waals surface area (Å²) in [6, 6.07) is 6.61. The molecule has 0 bridgehead atoms. The highest BCUT2D eigenvalue weighted by Gasteiger charge is 2.21. The Bertz CT molecular complexity index is 695. The molecular formula is C19H23FN2O. The minimum absolute atomic E-state index is 0.0127. The van der Waals surface area contributed by atoms with Gasteiger partial charge in [0.15, 0.2) is 0 Å². The number of hydrogen-bond donors (Lipinski definition) is 1. The minimum atomic E-state index is -0.342. The van der Waals surface area contributed by atoms with Crippen LogP contribution in [0, 0.1) is 17.7 Å². The Balaban J connectivity index is 1.64. The van der Waals surface area contributed by atoms with Crippen LogP contribution in [0.4, 0.5) is 10.1 Å². The minimum Gasteiger partial charge on any atom is -0.324 e. The first kappa shape index (κ1) is 15.9. The predicted octanol–water partition coefficient (Wildman–Crippen LogP) is 4.92. The van der Waals surface area contributed by atoms with Crippen LogP contribution < -0.4 is 5.32 Å². The third kappa shape index (κ3) is 3.87. The number of fused-ring (bicyclic) bond motifs is 1. The van der Waals surface area contributed by atoms with E-state index in [2.05, 4.69) is 10.3 Å². The molecule has 1 saturated carbocycles. The van der Waals surface area contributed by atoms with Gasteiger partial charge in [-0.2, -0.15) is 0 Å². The summed E-state index contributed by atoms with van der Waals surface area (Å²) in [7, 11) is 0. The zero-order chi connectivity index (χ0) is 16.2. The number of aromatic nitrogens is 1. The molecule has 3 nitrogen and oxygen atoms in total. The fraction of sp³-hybridized carbons (Fsp3) is 0.474. The summed E-state index contributed by atoms with van der Waals surface area (Å²) in [4.78, 5) is 16.5. The van der Waals surface area contributed by atoms with Gasteiger partial charge in [-0.25, -0.2) is 4.39 Å². The quantitative estimate of drug-likeness (QED) is 0.870. The average Bonchev–Trinajstić information content (AvgIpc) is 2.56. The molecule has 2 aromatic rings. The Labute approximate surface area is 136 Å². The van der Waals surface area contributed by atoms with Crippen molar-refractivity contribution in [2.24, 2.45) is 11.8 Å². The van der Waals surface area contributed by atoms with E-state index in [0.29, 0.717) is 22.5 Å². The van der Waals surface area contributed by atoms with Crippen molar-refractivity contribution in [3.05, 3.63) is 36.3 Å². The molecule has 1 unspecified atom stereocenters. The Morgan fingerprint density at radius 1 is 1.35 bits per heavy atom. The van der Waals surface area contributed by atoms with Gasteiger partial charge in [0, 0.05) is 11.3 Å². The molecule has 1 fully saturated rings. The van der Waals surface area contributed by atoms with Crippen molar-refractivity contribution in [3.63, 3.8) is 0 Å². The number of amides is 1. The number of nitrogens with zero attached hydrogens (tertiary/aromatic N) is 1. The summed E-state index contributed by atoms with van der Waals surface area (Å²) in [5.74, 6) is 0.341. The number of hydrogen-bond acceptors (Lipinski definition) is 2. The second-order valence-electron chi connectivity index (χ2n) is 6.67. The summed E-state index contributed by atoms with van der Waals surface area (Å²) in [5.41, 5.74) is 0.962. The van der Waals surface area contributed by atoms with Gasteiger partial charge in [-0.15, -0.1) is 0 Å². The predicted molar refractivity (Wildman–Crippen MR) is 90.7 cm³/mol. The van der Waals surface area contributed by atoms with Crippen LogP contribution in [0.15, 0.2) is 30.5 Å². The van der Waals surface area contributed by atoms with Gasteiger partial charge in [0.2, 0.25) is 5.91 Å². The van der Waals surface area contributed by atoms with Crippen molar-refractivity contribution < 1.29 is 9.18 Å². The van der Waals surface area contributed by atoms with E-state index in [1.807, 2.05) is 6.92 Å². The fourth-order valence-corrected chi connectivity index (χ4v) is 3.49. The third-order valence-electron chi connectivity index (χ3n) is 4.79. The lowest BCUT2D eigenvalue weighted by Gasteiger charge is -2.24. The van der Waals surface area contributed by atoms with Crippen LogP contribution in [0.2, 0.25) is 0 Å².